The van der Waals surface area contributed by atoms with Crippen molar-refractivity contribution in [3.63, 3.8) is 0 Å². The highest BCUT2D eigenvalue weighted by Gasteiger charge is 2.44. The van der Waals surface area contributed by atoms with E-state index in [2.05, 4.69) is 11.4 Å². The van der Waals surface area contributed by atoms with E-state index in [4.69, 9.17) is 5.26 Å². The Morgan fingerprint density at radius 1 is 1.53 bits per heavy atom. The number of hydrogen-bond donors (Lipinski definition) is 1. The quantitative estimate of drug-likeness (QED) is 0.904. The molecular formula is C15H17FN2O. The van der Waals surface area contributed by atoms with Crippen LogP contribution >= 0.6 is 0 Å². The van der Waals surface area contributed by atoms with Crippen LogP contribution in [0.5, 0.6) is 0 Å². The normalized spacial score (nSPS) is 16.3. The van der Waals surface area contributed by atoms with Crippen molar-refractivity contribution in [3.05, 3.63) is 35.1 Å². The maximum absolute atomic E-state index is 12.9. The van der Waals surface area contributed by atoms with Gasteiger partial charge in [-0.2, -0.15) is 5.26 Å². The van der Waals surface area contributed by atoms with Crippen molar-refractivity contribution >= 4 is 5.91 Å². The van der Waals surface area contributed by atoms with Gasteiger partial charge in [0.2, 0.25) is 5.91 Å². The summed E-state index contributed by atoms with van der Waals surface area (Å²) in [4.78, 5) is 11.9. The van der Waals surface area contributed by atoms with Crippen LogP contribution in [0.2, 0.25) is 0 Å². The average Bonchev–Trinajstić information content (AvgIpc) is 2.31. The Bertz CT molecular complexity index is 529. The number of halogens is 1. The molecule has 0 atom stereocenters. The summed E-state index contributed by atoms with van der Waals surface area (Å²) in [5, 5.41) is 11.9. The van der Waals surface area contributed by atoms with Gasteiger partial charge < -0.3 is 5.32 Å². The smallest absolute Gasteiger partial charge is 0.240 e. The number of hydrogen-bond acceptors (Lipinski definition) is 2. The van der Waals surface area contributed by atoms with E-state index in [-0.39, 0.29) is 11.7 Å². The van der Waals surface area contributed by atoms with Crippen LogP contribution < -0.4 is 5.32 Å². The van der Waals surface area contributed by atoms with Crippen LogP contribution in [-0.4, -0.2) is 12.5 Å². The molecule has 1 aliphatic rings. The second kappa shape index (κ2) is 5.40. The molecule has 0 unspecified atom stereocenters. The third kappa shape index (κ3) is 2.76. The largest absolute Gasteiger partial charge is 0.354 e. The number of nitrogens with zero attached hydrogens (tertiary/aromatic N) is 1. The van der Waals surface area contributed by atoms with Gasteiger partial charge in [0, 0.05) is 6.54 Å². The van der Waals surface area contributed by atoms with Gasteiger partial charge in [0.1, 0.15) is 11.2 Å². The molecule has 0 bridgehead atoms. The molecule has 1 aromatic carbocycles. The Kier molecular flexibility index (Phi) is 3.84. The second-order valence-electron chi connectivity index (χ2n) is 5.12. The first-order chi connectivity index (χ1) is 9.07. The number of aryl methyl sites for hydroxylation is 1. The topological polar surface area (TPSA) is 52.9 Å². The van der Waals surface area contributed by atoms with Crippen molar-refractivity contribution < 1.29 is 9.18 Å². The fourth-order valence-electron chi connectivity index (χ4n) is 2.34. The van der Waals surface area contributed by atoms with E-state index < -0.39 is 5.41 Å². The lowest BCUT2D eigenvalue weighted by atomic mass is 9.69. The van der Waals surface area contributed by atoms with E-state index in [1.807, 2.05) is 6.92 Å². The van der Waals surface area contributed by atoms with Crippen LogP contribution in [0.4, 0.5) is 4.39 Å². The Hall–Kier alpha value is -1.89. The summed E-state index contributed by atoms with van der Waals surface area (Å²) in [5.41, 5.74) is 1.10. The van der Waals surface area contributed by atoms with Gasteiger partial charge in [-0.05, 0) is 55.9 Å². The molecule has 0 aliphatic heterocycles. The highest BCUT2D eigenvalue weighted by Crippen LogP contribution is 2.40. The third-order valence-electron chi connectivity index (χ3n) is 3.84. The second-order valence-corrected chi connectivity index (χ2v) is 5.12. The highest BCUT2D eigenvalue weighted by molar-refractivity contribution is 5.86. The van der Waals surface area contributed by atoms with Crippen LogP contribution in [0.1, 0.15) is 30.4 Å². The summed E-state index contributed by atoms with van der Waals surface area (Å²) in [7, 11) is 0. The van der Waals surface area contributed by atoms with Crippen molar-refractivity contribution in [1.29, 1.82) is 5.26 Å². The fraction of sp³-hybridized carbons (Fsp3) is 0.467. The number of benzene rings is 1. The standard InChI is InChI=1S/C15H17FN2O/c1-11-9-13(16)4-3-12(11)5-8-18-14(19)15(10-17)6-2-7-15/h3-4,9H,2,5-8H2,1H3,(H,18,19). The summed E-state index contributed by atoms with van der Waals surface area (Å²) in [6.45, 7) is 2.33. The Morgan fingerprint density at radius 2 is 2.26 bits per heavy atom. The van der Waals surface area contributed by atoms with Crippen LogP contribution in [0, 0.1) is 29.5 Å². The van der Waals surface area contributed by atoms with E-state index in [1.54, 1.807) is 6.07 Å². The van der Waals surface area contributed by atoms with Crippen LogP contribution in [0.3, 0.4) is 0 Å². The zero-order chi connectivity index (χ0) is 13.9. The first-order valence-electron chi connectivity index (χ1n) is 6.52. The molecule has 0 saturated heterocycles. The minimum Gasteiger partial charge on any atom is -0.354 e. The monoisotopic (exact) mass is 260 g/mol. The molecule has 0 aromatic heterocycles. The fourth-order valence-corrected chi connectivity index (χ4v) is 2.34. The van der Waals surface area contributed by atoms with Crippen molar-refractivity contribution in [1.82, 2.24) is 5.32 Å². The van der Waals surface area contributed by atoms with E-state index in [0.29, 0.717) is 25.8 Å². The SMILES string of the molecule is Cc1cc(F)ccc1CCNC(=O)C1(C#N)CCC1. The molecule has 0 spiro atoms. The van der Waals surface area contributed by atoms with Crippen LogP contribution in [0.15, 0.2) is 18.2 Å². The van der Waals surface area contributed by atoms with Gasteiger partial charge in [0.25, 0.3) is 0 Å². The van der Waals surface area contributed by atoms with Crippen molar-refractivity contribution in [3.8, 4) is 6.07 Å². The molecule has 1 amide bonds. The van der Waals surface area contributed by atoms with Gasteiger partial charge in [-0.15, -0.1) is 0 Å². The molecular weight excluding hydrogens is 243 g/mol. The van der Waals surface area contributed by atoms with Crippen LogP contribution in [-0.2, 0) is 11.2 Å². The lowest BCUT2D eigenvalue weighted by Crippen LogP contribution is -2.45. The molecule has 3 nitrogen and oxygen atoms in total. The lowest BCUT2D eigenvalue weighted by molar-refractivity contribution is -0.131. The molecule has 0 heterocycles. The summed E-state index contributed by atoms with van der Waals surface area (Å²) in [6.07, 6.45) is 2.91. The lowest BCUT2D eigenvalue weighted by Gasteiger charge is -2.33. The molecule has 1 fully saturated rings. The summed E-state index contributed by atoms with van der Waals surface area (Å²) in [6, 6.07) is 6.77. The Morgan fingerprint density at radius 3 is 2.79 bits per heavy atom. The van der Waals surface area contributed by atoms with E-state index in [1.165, 1.54) is 12.1 Å². The van der Waals surface area contributed by atoms with Gasteiger partial charge in [-0.1, -0.05) is 6.07 Å². The molecule has 1 aliphatic carbocycles. The van der Waals surface area contributed by atoms with Crippen molar-refractivity contribution in [2.75, 3.05) is 6.54 Å². The summed E-state index contributed by atoms with van der Waals surface area (Å²) >= 11 is 0. The first-order valence-corrected chi connectivity index (χ1v) is 6.52. The molecule has 100 valence electrons. The number of nitriles is 1. The van der Waals surface area contributed by atoms with E-state index in [0.717, 1.165) is 17.5 Å². The van der Waals surface area contributed by atoms with Crippen molar-refractivity contribution in [2.24, 2.45) is 5.41 Å². The molecule has 1 aromatic rings. The maximum atomic E-state index is 12.9. The number of carbonyl (C=O) groups is 1. The van der Waals surface area contributed by atoms with Gasteiger partial charge >= 0.3 is 0 Å². The zero-order valence-corrected chi connectivity index (χ0v) is 11.0. The van der Waals surface area contributed by atoms with Gasteiger partial charge in [0.05, 0.1) is 6.07 Å². The first kappa shape index (κ1) is 13.5. The van der Waals surface area contributed by atoms with Gasteiger partial charge in [-0.25, -0.2) is 4.39 Å². The Balaban J connectivity index is 1.87. The van der Waals surface area contributed by atoms with Gasteiger partial charge in [-0.3, -0.25) is 4.79 Å². The molecule has 4 heteroatoms. The maximum Gasteiger partial charge on any atom is 0.240 e. The predicted octanol–water partition coefficient (Wildman–Crippen LogP) is 2.49. The van der Waals surface area contributed by atoms with E-state index in [9.17, 15) is 9.18 Å². The van der Waals surface area contributed by atoms with Crippen LogP contribution in [0.25, 0.3) is 0 Å². The number of nitrogens with one attached hydrogen (secondary N) is 1. The number of amides is 1. The van der Waals surface area contributed by atoms with E-state index >= 15 is 0 Å². The Labute approximate surface area is 112 Å². The minimum atomic E-state index is -0.794. The third-order valence-corrected chi connectivity index (χ3v) is 3.84. The molecule has 1 N–H and O–H groups in total. The predicted molar refractivity (Wildman–Crippen MR) is 69.7 cm³/mol. The molecule has 0 radical (unpaired) electrons. The number of carbonyl (C=O) groups excluding carboxylic acids is 1. The summed E-state index contributed by atoms with van der Waals surface area (Å²) in [5.74, 6) is -0.413. The average molecular weight is 260 g/mol. The van der Waals surface area contributed by atoms with Gasteiger partial charge in [0.15, 0.2) is 0 Å². The molecule has 2 rings (SSSR count). The highest BCUT2D eigenvalue weighted by atomic mass is 19.1. The summed E-state index contributed by atoms with van der Waals surface area (Å²) < 4.78 is 12.9. The van der Waals surface area contributed by atoms with Crippen molar-refractivity contribution in [2.45, 2.75) is 32.6 Å². The minimum absolute atomic E-state index is 0.166. The number of rotatable bonds is 4. The molecule has 19 heavy (non-hydrogen) atoms. The molecule has 1 saturated carbocycles. The zero-order valence-electron chi connectivity index (χ0n) is 11.0.